The van der Waals surface area contributed by atoms with E-state index in [1.807, 2.05) is 0 Å². The van der Waals surface area contributed by atoms with Crippen molar-refractivity contribution in [2.24, 2.45) is 10.9 Å². The average molecular weight is 438 g/mol. The molecular weight excluding hydrogens is 403 g/mol. The number of carbonyl (C=O) groups is 1. The first-order valence-electron chi connectivity index (χ1n) is 8.97. The third-order valence-corrected chi connectivity index (χ3v) is 4.25. The van der Waals surface area contributed by atoms with Crippen LogP contribution in [0.1, 0.15) is 64.7 Å². The lowest BCUT2D eigenvalue weighted by molar-refractivity contribution is -0.120. The molecule has 1 aliphatic rings. The molecule has 0 unspecified atom stereocenters. The lowest BCUT2D eigenvalue weighted by Gasteiger charge is -2.21. The van der Waals surface area contributed by atoms with Gasteiger partial charge in [-0.25, -0.2) is 0 Å². The van der Waals surface area contributed by atoms with Crippen molar-refractivity contribution in [1.82, 2.24) is 16.0 Å². The van der Waals surface area contributed by atoms with Gasteiger partial charge in [-0.1, -0.05) is 39.0 Å². The third-order valence-electron chi connectivity index (χ3n) is 4.25. The highest BCUT2D eigenvalue weighted by Crippen LogP contribution is 2.26. The zero-order valence-electron chi connectivity index (χ0n) is 14.8. The highest BCUT2D eigenvalue weighted by molar-refractivity contribution is 14.0. The standard InChI is InChI=1S/C17H34N4O.HI/c1-3-12-19-16(22)11-14-21-17(18-2)20-13-7-10-15-8-5-4-6-9-15;/h15H,3-14H2,1-2H3,(H,19,22)(H2,18,20,21);1H. The zero-order chi connectivity index (χ0) is 16.0. The lowest BCUT2D eigenvalue weighted by Crippen LogP contribution is -2.39. The van der Waals surface area contributed by atoms with E-state index in [-0.39, 0.29) is 29.9 Å². The summed E-state index contributed by atoms with van der Waals surface area (Å²) in [6.45, 7) is 4.39. The van der Waals surface area contributed by atoms with Crippen molar-refractivity contribution >= 4 is 35.8 Å². The summed E-state index contributed by atoms with van der Waals surface area (Å²) in [4.78, 5) is 15.7. The Balaban J connectivity index is 0.00000484. The molecule has 0 radical (unpaired) electrons. The van der Waals surface area contributed by atoms with Crippen LogP contribution in [0.5, 0.6) is 0 Å². The molecule has 1 amide bonds. The average Bonchev–Trinajstić information content (AvgIpc) is 2.56. The topological polar surface area (TPSA) is 65.5 Å². The number of nitrogens with zero attached hydrogens (tertiary/aromatic N) is 1. The molecular formula is C17H35IN4O. The van der Waals surface area contributed by atoms with E-state index in [2.05, 4.69) is 27.9 Å². The first kappa shape index (κ1) is 22.5. The van der Waals surface area contributed by atoms with Crippen molar-refractivity contribution in [1.29, 1.82) is 0 Å². The normalized spacial score (nSPS) is 15.7. The third kappa shape index (κ3) is 11.6. The number of halogens is 1. The molecule has 23 heavy (non-hydrogen) atoms. The summed E-state index contributed by atoms with van der Waals surface area (Å²) in [5, 5.41) is 9.40. The summed E-state index contributed by atoms with van der Waals surface area (Å²) in [6.07, 6.45) is 11.1. The molecule has 0 spiro atoms. The van der Waals surface area contributed by atoms with Crippen molar-refractivity contribution in [2.75, 3.05) is 26.7 Å². The quantitative estimate of drug-likeness (QED) is 0.224. The van der Waals surface area contributed by atoms with Gasteiger partial charge in [0.25, 0.3) is 0 Å². The van der Waals surface area contributed by atoms with Crippen LogP contribution in [0.2, 0.25) is 0 Å². The number of guanidine groups is 1. The van der Waals surface area contributed by atoms with Crippen LogP contribution in [0.25, 0.3) is 0 Å². The van der Waals surface area contributed by atoms with Crippen LogP contribution in [0, 0.1) is 5.92 Å². The Morgan fingerprint density at radius 2 is 1.74 bits per heavy atom. The minimum Gasteiger partial charge on any atom is -0.356 e. The summed E-state index contributed by atoms with van der Waals surface area (Å²) < 4.78 is 0. The van der Waals surface area contributed by atoms with Crippen LogP contribution in [-0.4, -0.2) is 38.5 Å². The van der Waals surface area contributed by atoms with Crippen molar-refractivity contribution in [3.8, 4) is 0 Å². The van der Waals surface area contributed by atoms with Crippen molar-refractivity contribution < 1.29 is 4.79 Å². The number of carbonyl (C=O) groups excluding carboxylic acids is 1. The first-order valence-corrected chi connectivity index (χ1v) is 8.97. The van der Waals surface area contributed by atoms with Crippen LogP contribution < -0.4 is 16.0 Å². The lowest BCUT2D eigenvalue weighted by atomic mass is 9.86. The van der Waals surface area contributed by atoms with Gasteiger partial charge in [-0.3, -0.25) is 9.79 Å². The summed E-state index contributed by atoms with van der Waals surface area (Å²) >= 11 is 0. The number of aliphatic imine (C=N–C) groups is 1. The van der Waals surface area contributed by atoms with Gasteiger partial charge < -0.3 is 16.0 Å². The van der Waals surface area contributed by atoms with Gasteiger partial charge in [0, 0.05) is 33.1 Å². The van der Waals surface area contributed by atoms with E-state index in [0.29, 0.717) is 13.0 Å². The number of nitrogens with one attached hydrogen (secondary N) is 3. The molecule has 5 nitrogen and oxygen atoms in total. The van der Waals surface area contributed by atoms with E-state index >= 15 is 0 Å². The zero-order valence-corrected chi connectivity index (χ0v) is 17.2. The molecule has 0 atom stereocenters. The fraction of sp³-hybridized carbons (Fsp3) is 0.882. The molecule has 1 aliphatic carbocycles. The van der Waals surface area contributed by atoms with E-state index in [4.69, 9.17) is 0 Å². The highest BCUT2D eigenvalue weighted by atomic mass is 127. The van der Waals surface area contributed by atoms with E-state index in [0.717, 1.165) is 31.4 Å². The van der Waals surface area contributed by atoms with Crippen LogP contribution >= 0.6 is 24.0 Å². The second kappa shape index (κ2) is 15.0. The fourth-order valence-corrected chi connectivity index (χ4v) is 2.94. The molecule has 0 heterocycles. The number of rotatable bonds is 9. The second-order valence-electron chi connectivity index (χ2n) is 6.17. The second-order valence-corrected chi connectivity index (χ2v) is 6.17. The molecule has 1 fully saturated rings. The van der Waals surface area contributed by atoms with E-state index in [1.54, 1.807) is 7.05 Å². The van der Waals surface area contributed by atoms with Gasteiger partial charge in [0.2, 0.25) is 5.91 Å². The monoisotopic (exact) mass is 438 g/mol. The van der Waals surface area contributed by atoms with Gasteiger partial charge in [0.05, 0.1) is 0 Å². The van der Waals surface area contributed by atoms with E-state index in [1.165, 1.54) is 44.9 Å². The van der Waals surface area contributed by atoms with Crippen LogP contribution in [0.3, 0.4) is 0 Å². The Hall–Kier alpha value is -0.530. The molecule has 0 aromatic carbocycles. The first-order chi connectivity index (χ1) is 10.8. The molecule has 136 valence electrons. The Morgan fingerprint density at radius 3 is 2.39 bits per heavy atom. The van der Waals surface area contributed by atoms with Crippen molar-refractivity contribution in [3.63, 3.8) is 0 Å². The molecule has 6 heteroatoms. The van der Waals surface area contributed by atoms with Gasteiger partial charge in [-0.15, -0.1) is 24.0 Å². The highest BCUT2D eigenvalue weighted by Gasteiger charge is 2.12. The molecule has 0 aromatic heterocycles. The minimum atomic E-state index is 0. The molecule has 1 rings (SSSR count). The van der Waals surface area contributed by atoms with E-state index in [9.17, 15) is 4.79 Å². The minimum absolute atomic E-state index is 0. The number of hydrogen-bond acceptors (Lipinski definition) is 2. The molecule has 1 saturated carbocycles. The molecule has 0 aromatic rings. The number of amides is 1. The maximum absolute atomic E-state index is 11.5. The van der Waals surface area contributed by atoms with Gasteiger partial charge in [-0.2, -0.15) is 0 Å². The van der Waals surface area contributed by atoms with Gasteiger partial charge in [0.1, 0.15) is 0 Å². The molecule has 3 N–H and O–H groups in total. The van der Waals surface area contributed by atoms with Gasteiger partial charge >= 0.3 is 0 Å². The Labute approximate surface area is 158 Å². The van der Waals surface area contributed by atoms with E-state index < -0.39 is 0 Å². The number of hydrogen-bond donors (Lipinski definition) is 3. The summed E-state index contributed by atoms with van der Waals surface area (Å²) in [7, 11) is 1.77. The molecule has 0 aliphatic heterocycles. The Morgan fingerprint density at radius 1 is 1.04 bits per heavy atom. The smallest absolute Gasteiger partial charge is 0.221 e. The summed E-state index contributed by atoms with van der Waals surface area (Å²) in [5.41, 5.74) is 0. The Kier molecular flexibility index (Phi) is 14.7. The molecule has 0 bridgehead atoms. The van der Waals surface area contributed by atoms with Crippen molar-refractivity contribution in [3.05, 3.63) is 0 Å². The summed E-state index contributed by atoms with van der Waals surface area (Å²) in [5.74, 6) is 1.84. The fourth-order valence-electron chi connectivity index (χ4n) is 2.94. The van der Waals surface area contributed by atoms with Crippen LogP contribution in [-0.2, 0) is 4.79 Å². The van der Waals surface area contributed by atoms with Crippen LogP contribution in [0.15, 0.2) is 4.99 Å². The maximum atomic E-state index is 11.5. The molecule has 0 saturated heterocycles. The largest absolute Gasteiger partial charge is 0.356 e. The summed E-state index contributed by atoms with van der Waals surface area (Å²) in [6, 6.07) is 0. The Bertz CT molecular complexity index is 331. The van der Waals surface area contributed by atoms with Crippen LogP contribution in [0.4, 0.5) is 0 Å². The predicted molar refractivity (Wildman–Crippen MR) is 109 cm³/mol. The van der Waals surface area contributed by atoms with Crippen molar-refractivity contribution in [2.45, 2.75) is 64.7 Å². The maximum Gasteiger partial charge on any atom is 0.221 e. The SMILES string of the molecule is CCCNC(=O)CCNC(=NC)NCCCC1CCCCC1.I. The predicted octanol–water partition coefficient (Wildman–Crippen LogP) is 3.05. The van der Waals surface area contributed by atoms with Gasteiger partial charge in [0.15, 0.2) is 5.96 Å². The van der Waals surface area contributed by atoms with Gasteiger partial charge in [-0.05, 0) is 25.2 Å².